The molecule has 1 saturated carbocycles. The van der Waals surface area contributed by atoms with E-state index in [4.69, 9.17) is 0 Å². The molecule has 1 fully saturated rings. The lowest BCUT2D eigenvalue weighted by Gasteiger charge is -2.10. The number of thiol groups is 3. The van der Waals surface area contributed by atoms with E-state index in [0.717, 1.165) is 0 Å². The van der Waals surface area contributed by atoms with Gasteiger partial charge in [-0.15, -0.1) is 0 Å². The first-order valence-corrected chi connectivity index (χ1v) is 6.27. The van der Waals surface area contributed by atoms with E-state index in [0.29, 0.717) is 15.7 Å². The zero-order valence-corrected chi connectivity index (χ0v) is 10.00. The van der Waals surface area contributed by atoms with Gasteiger partial charge in [0.05, 0.1) is 0 Å². The predicted molar refractivity (Wildman–Crippen MR) is 66.0 cm³/mol. The Hall–Kier alpha value is 1.05. The third kappa shape index (κ3) is 4.33. The molecule has 0 aromatic rings. The van der Waals surface area contributed by atoms with Gasteiger partial charge in [-0.1, -0.05) is 0 Å². The molecule has 0 atom stereocenters. The van der Waals surface area contributed by atoms with Crippen molar-refractivity contribution >= 4 is 37.9 Å². The molecule has 0 unspecified atom stereocenters. The normalized spacial score (nSPS) is 39.8. The largest absolute Gasteiger partial charge is 0.176 e. The minimum absolute atomic E-state index is 0.576. The molecule has 0 aliphatic heterocycles. The molecule has 1 rings (SSSR count). The van der Waals surface area contributed by atoms with Crippen molar-refractivity contribution in [1.29, 1.82) is 0 Å². The second-order valence-corrected chi connectivity index (χ2v) is 5.88. The van der Waals surface area contributed by atoms with Crippen molar-refractivity contribution in [2.24, 2.45) is 0 Å². The smallest absolute Gasteiger partial charge is 0.00176 e. The average molecular weight is 222 g/mol. The highest BCUT2D eigenvalue weighted by Gasteiger charge is 2.14. The predicted octanol–water partition coefficient (Wildman–Crippen LogP) is 3.24. The molecule has 0 nitrogen and oxygen atoms in total. The van der Waals surface area contributed by atoms with E-state index >= 15 is 0 Å². The monoisotopic (exact) mass is 222 g/mol. The summed E-state index contributed by atoms with van der Waals surface area (Å²) < 4.78 is 0. The second-order valence-electron chi connectivity index (χ2n) is 3.69. The fourth-order valence-corrected chi connectivity index (χ4v) is 2.48. The van der Waals surface area contributed by atoms with E-state index in [1.54, 1.807) is 0 Å². The lowest BCUT2D eigenvalue weighted by atomic mass is 10.1. The Morgan fingerprint density at radius 3 is 0.833 bits per heavy atom. The number of hydrogen-bond donors (Lipinski definition) is 3. The van der Waals surface area contributed by atoms with Crippen molar-refractivity contribution in [2.45, 2.75) is 54.3 Å². The summed E-state index contributed by atoms with van der Waals surface area (Å²) >= 11 is 13.6. The highest BCUT2D eigenvalue weighted by Crippen LogP contribution is 2.25. The van der Waals surface area contributed by atoms with Gasteiger partial charge in [-0.05, 0) is 38.5 Å². The summed E-state index contributed by atoms with van der Waals surface area (Å²) in [6.45, 7) is 0. The van der Waals surface area contributed by atoms with Crippen LogP contribution in [0.1, 0.15) is 38.5 Å². The summed E-state index contributed by atoms with van der Waals surface area (Å²) in [7, 11) is 0. The quantitative estimate of drug-likeness (QED) is 0.515. The van der Waals surface area contributed by atoms with Crippen LogP contribution in [0.3, 0.4) is 0 Å². The van der Waals surface area contributed by atoms with Gasteiger partial charge in [0, 0.05) is 15.7 Å². The van der Waals surface area contributed by atoms with Gasteiger partial charge in [0.2, 0.25) is 0 Å². The fraction of sp³-hybridized carbons (Fsp3) is 1.00. The van der Waals surface area contributed by atoms with Crippen molar-refractivity contribution in [1.82, 2.24) is 0 Å². The van der Waals surface area contributed by atoms with Gasteiger partial charge in [0.15, 0.2) is 0 Å². The summed E-state index contributed by atoms with van der Waals surface area (Å²) in [6.07, 6.45) is 7.32. The summed E-state index contributed by atoms with van der Waals surface area (Å²) in [4.78, 5) is 0. The van der Waals surface area contributed by atoms with Crippen LogP contribution in [0.15, 0.2) is 0 Å². The van der Waals surface area contributed by atoms with E-state index < -0.39 is 0 Å². The SMILES string of the molecule is SC1CCC(S)CCC(S)CC1. The minimum atomic E-state index is 0.576. The van der Waals surface area contributed by atoms with Crippen molar-refractivity contribution < 1.29 is 0 Å². The van der Waals surface area contributed by atoms with Crippen LogP contribution in [-0.2, 0) is 0 Å². The molecule has 0 saturated heterocycles. The standard InChI is InChI=1S/C9H18S3/c10-7-1-2-8(11)5-6-9(12)4-3-7/h7-12H,1-6H2. The molecule has 0 aromatic heterocycles. The molecule has 0 bridgehead atoms. The molecular weight excluding hydrogens is 204 g/mol. The van der Waals surface area contributed by atoms with E-state index in [-0.39, 0.29) is 0 Å². The third-order valence-corrected chi connectivity index (χ3v) is 4.05. The molecule has 1 aliphatic carbocycles. The summed E-state index contributed by atoms with van der Waals surface area (Å²) in [5.41, 5.74) is 0. The maximum atomic E-state index is 4.54. The Labute approximate surface area is 92.1 Å². The van der Waals surface area contributed by atoms with Gasteiger partial charge < -0.3 is 0 Å². The van der Waals surface area contributed by atoms with Crippen LogP contribution in [0.25, 0.3) is 0 Å². The Bertz CT molecular complexity index is 91.2. The van der Waals surface area contributed by atoms with Gasteiger partial charge in [-0.3, -0.25) is 0 Å². The fourth-order valence-electron chi connectivity index (χ4n) is 1.59. The van der Waals surface area contributed by atoms with Gasteiger partial charge in [-0.25, -0.2) is 0 Å². The summed E-state index contributed by atoms with van der Waals surface area (Å²) in [5, 5.41) is 1.73. The first-order valence-electron chi connectivity index (χ1n) is 4.72. The molecule has 1 aliphatic rings. The Balaban J connectivity index is 2.36. The molecule has 0 aromatic carbocycles. The molecule has 0 heterocycles. The lowest BCUT2D eigenvalue weighted by molar-refractivity contribution is 0.652. The van der Waals surface area contributed by atoms with Crippen LogP contribution in [0.2, 0.25) is 0 Å². The molecule has 0 amide bonds. The van der Waals surface area contributed by atoms with Gasteiger partial charge in [0.1, 0.15) is 0 Å². The van der Waals surface area contributed by atoms with Crippen LogP contribution < -0.4 is 0 Å². The molecular formula is C9H18S3. The van der Waals surface area contributed by atoms with Crippen LogP contribution in [0, 0.1) is 0 Å². The lowest BCUT2D eigenvalue weighted by Crippen LogP contribution is -2.02. The van der Waals surface area contributed by atoms with Crippen LogP contribution in [0.5, 0.6) is 0 Å². The Morgan fingerprint density at radius 2 is 0.667 bits per heavy atom. The zero-order chi connectivity index (χ0) is 8.97. The van der Waals surface area contributed by atoms with E-state index in [2.05, 4.69) is 37.9 Å². The number of rotatable bonds is 0. The van der Waals surface area contributed by atoms with Gasteiger partial charge >= 0.3 is 0 Å². The molecule has 3 heteroatoms. The van der Waals surface area contributed by atoms with E-state index in [9.17, 15) is 0 Å². The maximum absolute atomic E-state index is 4.54. The molecule has 0 N–H and O–H groups in total. The van der Waals surface area contributed by atoms with Crippen molar-refractivity contribution in [3.63, 3.8) is 0 Å². The first-order chi connectivity index (χ1) is 5.68. The first kappa shape index (κ1) is 11.1. The molecule has 12 heavy (non-hydrogen) atoms. The van der Waals surface area contributed by atoms with Gasteiger partial charge in [-0.2, -0.15) is 37.9 Å². The van der Waals surface area contributed by atoms with Crippen LogP contribution in [-0.4, -0.2) is 15.7 Å². The minimum Gasteiger partial charge on any atom is -0.176 e. The average Bonchev–Trinajstić information content (AvgIpc) is 2.11. The summed E-state index contributed by atoms with van der Waals surface area (Å²) in [5.74, 6) is 0. The maximum Gasteiger partial charge on any atom is 0.00176 e. The Morgan fingerprint density at radius 1 is 0.500 bits per heavy atom. The molecule has 72 valence electrons. The molecule has 0 radical (unpaired) electrons. The van der Waals surface area contributed by atoms with E-state index in [1.807, 2.05) is 0 Å². The highest BCUT2D eigenvalue weighted by atomic mass is 32.1. The van der Waals surface area contributed by atoms with Crippen molar-refractivity contribution in [3.05, 3.63) is 0 Å². The topological polar surface area (TPSA) is 0 Å². The molecule has 0 spiro atoms. The van der Waals surface area contributed by atoms with Crippen LogP contribution in [0.4, 0.5) is 0 Å². The highest BCUT2D eigenvalue weighted by molar-refractivity contribution is 7.81. The van der Waals surface area contributed by atoms with Crippen molar-refractivity contribution in [2.75, 3.05) is 0 Å². The Kier molecular flexibility index (Phi) is 5.30. The van der Waals surface area contributed by atoms with Crippen molar-refractivity contribution in [3.8, 4) is 0 Å². The number of hydrogen-bond acceptors (Lipinski definition) is 3. The van der Waals surface area contributed by atoms with E-state index in [1.165, 1.54) is 38.5 Å². The third-order valence-electron chi connectivity index (χ3n) is 2.50. The summed E-state index contributed by atoms with van der Waals surface area (Å²) in [6, 6.07) is 0. The van der Waals surface area contributed by atoms with Gasteiger partial charge in [0.25, 0.3) is 0 Å². The van der Waals surface area contributed by atoms with Crippen LogP contribution >= 0.6 is 37.9 Å². The zero-order valence-electron chi connectivity index (χ0n) is 7.32. The second kappa shape index (κ2) is 5.71.